The number of aryl methyl sites for hydroxylation is 1. The molecule has 2 aromatic carbocycles. The van der Waals surface area contributed by atoms with Crippen molar-refractivity contribution in [2.24, 2.45) is 4.99 Å². The summed E-state index contributed by atoms with van der Waals surface area (Å²) in [5, 5.41) is 0.762. The van der Waals surface area contributed by atoms with Crippen molar-refractivity contribution in [3.63, 3.8) is 0 Å². The summed E-state index contributed by atoms with van der Waals surface area (Å²) < 4.78 is 19.2. The fraction of sp³-hybridized carbons (Fsp3) is 0.292. The van der Waals surface area contributed by atoms with Gasteiger partial charge in [-0.3, -0.25) is 9.59 Å². The van der Waals surface area contributed by atoms with Crippen molar-refractivity contribution in [1.29, 1.82) is 0 Å². The van der Waals surface area contributed by atoms with E-state index < -0.39 is 5.91 Å². The number of aromatic nitrogens is 1. The van der Waals surface area contributed by atoms with Gasteiger partial charge in [-0.2, -0.15) is 4.99 Å². The van der Waals surface area contributed by atoms with Crippen LogP contribution in [0.1, 0.15) is 36.9 Å². The highest BCUT2D eigenvalue weighted by atomic mass is 32.1. The lowest BCUT2D eigenvalue weighted by Gasteiger charge is -2.05. The molecule has 0 N–H and O–H groups in total. The molecule has 0 spiro atoms. The zero-order valence-corrected chi connectivity index (χ0v) is 19.0. The molecular weight excluding hydrogens is 428 g/mol. The van der Waals surface area contributed by atoms with Gasteiger partial charge in [0.25, 0.3) is 0 Å². The van der Waals surface area contributed by atoms with E-state index in [0.29, 0.717) is 22.7 Å². The van der Waals surface area contributed by atoms with E-state index in [4.69, 9.17) is 13.9 Å². The molecule has 166 valence electrons. The number of hydrogen-bond donors (Lipinski definition) is 0. The number of para-hydroxylation sites is 1. The van der Waals surface area contributed by atoms with Crippen LogP contribution < -0.4 is 9.54 Å². The van der Waals surface area contributed by atoms with Crippen LogP contribution >= 0.6 is 11.3 Å². The van der Waals surface area contributed by atoms with Gasteiger partial charge in [0.05, 0.1) is 23.4 Å². The summed E-state index contributed by atoms with van der Waals surface area (Å²) in [7, 11) is 0. The number of rotatable bonds is 7. The first-order valence-electron chi connectivity index (χ1n) is 10.6. The van der Waals surface area contributed by atoms with Gasteiger partial charge >= 0.3 is 11.9 Å². The van der Waals surface area contributed by atoms with Crippen molar-refractivity contribution in [3.8, 4) is 5.75 Å². The van der Waals surface area contributed by atoms with Crippen molar-refractivity contribution >= 4 is 44.4 Å². The summed E-state index contributed by atoms with van der Waals surface area (Å²) >= 11 is 1.36. The Kier molecular flexibility index (Phi) is 6.41. The molecule has 0 atom stereocenters. The molecule has 7 nitrogen and oxygen atoms in total. The first kappa shape index (κ1) is 21.8. The topological polar surface area (TPSA) is 83.0 Å². The zero-order chi connectivity index (χ0) is 22.7. The number of ether oxygens (including phenoxy) is 2. The molecule has 0 bridgehead atoms. The molecule has 0 saturated carbocycles. The maximum Gasteiger partial charge on any atom is 0.326 e. The van der Waals surface area contributed by atoms with Crippen LogP contribution in [-0.2, 0) is 22.5 Å². The summed E-state index contributed by atoms with van der Waals surface area (Å²) in [6.45, 7) is 6.47. The Morgan fingerprint density at radius 1 is 1.09 bits per heavy atom. The standard InChI is InChI=1S/C24H24N2O5S/c1-4-15-10-11-17-20(12-15)32-24(26(17)14-21(27)30-6-3)25-23(28)19-13-16-8-7-9-18(29-5-2)22(16)31-19/h7-13H,4-6,14H2,1-3H3. The van der Waals surface area contributed by atoms with E-state index in [-0.39, 0.29) is 24.9 Å². The number of benzene rings is 2. The molecule has 8 heteroatoms. The molecule has 0 saturated heterocycles. The Bertz CT molecular complexity index is 1360. The third-order valence-electron chi connectivity index (χ3n) is 4.96. The maximum atomic E-state index is 13.0. The molecular formula is C24H24N2O5S. The van der Waals surface area contributed by atoms with Crippen molar-refractivity contribution in [1.82, 2.24) is 4.57 Å². The van der Waals surface area contributed by atoms with Crippen LogP contribution in [0, 0.1) is 0 Å². The highest BCUT2D eigenvalue weighted by molar-refractivity contribution is 7.16. The number of thiazole rings is 1. The van der Waals surface area contributed by atoms with Crippen molar-refractivity contribution in [2.45, 2.75) is 33.7 Å². The number of fused-ring (bicyclic) bond motifs is 2. The second kappa shape index (κ2) is 9.40. The molecule has 0 aliphatic rings. The number of furan rings is 1. The molecule has 0 fully saturated rings. The summed E-state index contributed by atoms with van der Waals surface area (Å²) in [5.41, 5.74) is 2.51. The van der Waals surface area contributed by atoms with E-state index >= 15 is 0 Å². The Morgan fingerprint density at radius 3 is 2.69 bits per heavy atom. The van der Waals surface area contributed by atoms with Crippen molar-refractivity contribution < 1.29 is 23.5 Å². The van der Waals surface area contributed by atoms with Crippen molar-refractivity contribution in [3.05, 3.63) is 58.6 Å². The second-order valence-electron chi connectivity index (χ2n) is 7.07. The normalized spacial score (nSPS) is 11.9. The fourth-order valence-corrected chi connectivity index (χ4v) is 4.56. The molecule has 0 aliphatic carbocycles. The van der Waals surface area contributed by atoms with Crippen LogP contribution in [-0.4, -0.2) is 29.7 Å². The maximum absolute atomic E-state index is 13.0. The van der Waals surface area contributed by atoms with Crippen LogP contribution in [0.4, 0.5) is 0 Å². The Labute approximate surface area is 188 Å². The number of hydrogen-bond acceptors (Lipinski definition) is 6. The Hall–Kier alpha value is -3.39. The van der Waals surface area contributed by atoms with E-state index in [1.807, 2.05) is 31.2 Å². The van der Waals surface area contributed by atoms with Gasteiger partial charge in [-0.25, -0.2) is 0 Å². The van der Waals surface area contributed by atoms with Gasteiger partial charge in [-0.05, 0) is 50.1 Å². The van der Waals surface area contributed by atoms with Crippen LogP contribution in [0.3, 0.4) is 0 Å². The minimum absolute atomic E-state index is 0.0277. The largest absolute Gasteiger partial charge is 0.490 e. The number of amides is 1. The van der Waals surface area contributed by atoms with Gasteiger partial charge in [0.1, 0.15) is 6.54 Å². The zero-order valence-electron chi connectivity index (χ0n) is 18.2. The lowest BCUT2D eigenvalue weighted by Crippen LogP contribution is -2.23. The minimum Gasteiger partial charge on any atom is -0.490 e. The third-order valence-corrected chi connectivity index (χ3v) is 6.00. The summed E-state index contributed by atoms with van der Waals surface area (Å²) in [5.74, 6) is -0.216. The number of nitrogens with zero attached hydrogens (tertiary/aromatic N) is 2. The van der Waals surface area contributed by atoms with E-state index in [2.05, 4.69) is 18.0 Å². The molecule has 4 rings (SSSR count). The first-order valence-corrected chi connectivity index (χ1v) is 11.4. The van der Waals surface area contributed by atoms with Gasteiger partial charge < -0.3 is 18.5 Å². The quantitative estimate of drug-likeness (QED) is 0.379. The highest BCUT2D eigenvalue weighted by Gasteiger charge is 2.17. The molecule has 2 aromatic heterocycles. The van der Waals surface area contributed by atoms with Gasteiger partial charge in [-0.15, -0.1) is 0 Å². The summed E-state index contributed by atoms with van der Waals surface area (Å²) in [6, 6.07) is 13.2. The number of carbonyl (C=O) groups excluding carboxylic acids is 2. The number of carbonyl (C=O) groups is 2. The third kappa shape index (κ3) is 4.31. The van der Waals surface area contributed by atoms with Gasteiger partial charge in [0.15, 0.2) is 21.9 Å². The van der Waals surface area contributed by atoms with Crippen molar-refractivity contribution in [2.75, 3.05) is 13.2 Å². The molecule has 2 heterocycles. The van der Waals surface area contributed by atoms with Crippen LogP contribution in [0.5, 0.6) is 5.75 Å². The summed E-state index contributed by atoms with van der Waals surface area (Å²) in [6.07, 6.45) is 0.887. The lowest BCUT2D eigenvalue weighted by molar-refractivity contribution is -0.143. The fourth-order valence-electron chi connectivity index (χ4n) is 3.46. The molecule has 0 radical (unpaired) electrons. The average Bonchev–Trinajstić information content (AvgIpc) is 3.36. The van der Waals surface area contributed by atoms with Crippen LogP contribution in [0.15, 0.2) is 51.9 Å². The summed E-state index contributed by atoms with van der Waals surface area (Å²) in [4.78, 5) is 29.9. The van der Waals surface area contributed by atoms with Gasteiger partial charge in [0.2, 0.25) is 0 Å². The molecule has 32 heavy (non-hydrogen) atoms. The minimum atomic E-state index is -0.525. The molecule has 0 unspecified atom stereocenters. The predicted molar refractivity (Wildman–Crippen MR) is 123 cm³/mol. The van der Waals surface area contributed by atoms with E-state index in [1.54, 1.807) is 23.6 Å². The average molecular weight is 453 g/mol. The number of esters is 1. The van der Waals surface area contributed by atoms with E-state index in [0.717, 1.165) is 22.0 Å². The molecule has 4 aromatic rings. The van der Waals surface area contributed by atoms with Gasteiger partial charge in [-0.1, -0.05) is 36.5 Å². The Balaban J connectivity index is 1.79. The second-order valence-corrected chi connectivity index (χ2v) is 8.08. The van der Waals surface area contributed by atoms with Gasteiger partial charge in [0, 0.05) is 5.39 Å². The smallest absolute Gasteiger partial charge is 0.326 e. The molecule has 0 aliphatic heterocycles. The highest BCUT2D eigenvalue weighted by Crippen LogP contribution is 2.29. The Morgan fingerprint density at radius 2 is 1.94 bits per heavy atom. The predicted octanol–water partition coefficient (Wildman–Crippen LogP) is 4.71. The monoisotopic (exact) mass is 452 g/mol. The van der Waals surface area contributed by atoms with Crippen LogP contribution in [0.25, 0.3) is 21.2 Å². The SMILES string of the molecule is CCOC(=O)Cn1c(=NC(=O)c2cc3cccc(OCC)c3o2)sc2cc(CC)ccc21. The van der Waals surface area contributed by atoms with Crippen LogP contribution in [0.2, 0.25) is 0 Å². The molecule has 1 amide bonds. The first-order chi connectivity index (χ1) is 15.5. The van der Waals surface area contributed by atoms with E-state index in [9.17, 15) is 9.59 Å². The van der Waals surface area contributed by atoms with E-state index in [1.165, 1.54) is 16.9 Å². The lowest BCUT2D eigenvalue weighted by atomic mass is 10.2.